The highest BCUT2D eigenvalue weighted by Gasteiger charge is 2.19. The molecule has 4 heteroatoms. The third-order valence-corrected chi connectivity index (χ3v) is 3.21. The molecule has 1 amide bonds. The molecule has 2 N–H and O–H groups in total. The lowest BCUT2D eigenvalue weighted by Gasteiger charge is -2.14. The summed E-state index contributed by atoms with van der Waals surface area (Å²) in [6.45, 7) is 5.58. The Bertz CT molecular complexity index is 520. The van der Waals surface area contributed by atoms with Gasteiger partial charge in [-0.25, -0.2) is 0 Å². The van der Waals surface area contributed by atoms with Gasteiger partial charge >= 0.3 is 5.97 Å². The van der Waals surface area contributed by atoms with Crippen LogP contribution in [0.1, 0.15) is 25.0 Å². The van der Waals surface area contributed by atoms with Crippen molar-refractivity contribution in [1.29, 1.82) is 0 Å². The molecule has 0 aliphatic rings. The highest BCUT2D eigenvalue weighted by Crippen LogP contribution is 2.11. The molecule has 0 saturated carbocycles. The lowest BCUT2D eigenvalue weighted by Crippen LogP contribution is -2.34. The number of aliphatic carboxylic acids is 1. The molecule has 0 fully saturated rings. The summed E-state index contributed by atoms with van der Waals surface area (Å²) in [6, 6.07) is 7.75. The van der Waals surface area contributed by atoms with Crippen molar-refractivity contribution in [3.8, 4) is 0 Å². The van der Waals surface area contributed by atoms with Crippen molar-refractivity contribution < 1.29 is 14.7 Å². The number of rotatable bonds is 6. The molecule has 1 unspecified atom stereocenters. The van der Waals surface area contributed by atoms with Gasteiger partial charge in [0.1, 0.15) is 0 Å². The molecule has 108 valence electrons. The van der Waals surface area contributed by atoms with E-state index in [0.717, 1.165) is 11.1 Å². The van der Waals surface area contributed by atoms with Gasteiger partial charge in [0, 0.05) is 12.1 Å². The summed E-state index contributed by atoms with van der Waals surface area (Å²) >= 11 is 0. The average molecular weight is 275 g/mol. The first-order valence-corrected chi connectivity index (χ1v) is 6.63. The van der Waals surface area contributed by atoms with Crippen LogP contribution >= 0.6 is 0 Å². The van der Waals surface area contributed by atoms with Gasteiger partial charge in [-0.3, -0.25) is 9.59 Å². The summed E-state index contributed by atoms with van der Waals surface area (Å²) in [5.41, 5.74) is 2.65. The Kier molecular flexibility index (Phi) is 5.97. The quantitative estimate of drug-likeness (QED) is 0.783. The molecule has 1 aromatic carbocycles. The largest absolute Gasteiger partial charge is 0.481 e. The normalized spacial score (nSPS) is 12.8. The molecule has 0 spiro atoms. The van der Waals surface area contributed by atoms with E-state index in [2.05, 4.69) is 5.32 Å². The maximum atomic E-state index is 11.6. The minimum absolute atomic E-state index is 0.132. The summed E-state index contributed by atoms with van der Waals surface area (Å²) in [5, 5.41) is 11.9. The summed E-state index contributed by atoms with van der Waals surface area (Å²) < 4.78 is 0. The Labute approximate surface area is 119 Å². The minimum atomic E-state index is -0.898. The number of carboxylic acid groups (broad SMARTS) is 1. The Morgan fingerprint density at radius 3 is 2.65 bits per heavy atom. The van der Waals surface area contributed by atoms with Crippen LogP contribution in [0.5, 0.6) is 0 Å². The molecule has 0 bridgehead atoms. The molecule has 4 nitrogen and oxygen atoms in total. The van der Waals surface area contributed by atoms with Gasteiger partial charge in [0.25, 0.3) is 0 Å². The van der Waals surface area contributed by atoms with E-state index in [0.29, 0.717) is 12.0 Å². The van der Waals surface area contributed by atoms with Crippen LogP contribution in [0.25, 0.3) is 0 Å². The summed E-state index contributed by atoms with van der Waals surface area (Å²) in [7, 11) is 0. The number of carbonyl (C=O) groups excluding carboxylic acids is 1. The van der Waals surface area contributed by atoms with E-state index < -0.39 is 11.9 Å². The molecule has 1 aromatic rings. The molecule has 1 atom stereocenters. The van der Waals surface area contributed by atoms with Crippen LogP contribution in [-0.4, -0.2) is 23.5 Å². The van der Waals surface area contributed by atoms with E-state index in [4.69, 9.17) is 0 Å². The first kappa shape index (κ1) is 16.0. The van der Waals surface area contributed by atoms with Crippen molar-refractivity contribution in [2.45, 2.75) is 27.2 Å². The van der Waals surface area contributed by atoms with Crippen LogP contribution in [0.4, 0.5) is 0 Å². The maximum absolute atomic E-state index is 11.6. The molecule has 0 aromatic heterocycles. The van der Waals surface area contributed by atoms with E-state index in [1.807, 2.05) is 31.2 Å². The number of benzene rings is 1. The monoisotopic (exact) mass is 275 g/mol. The van der Waals surface area contributed by atoms with E-state index in [-0.39, 0.29) is 12.5 Å². The van der Waals surface area contributed by atoms with Gasteiger partial charge in [-0.15, -0.1) is 0 Å². The zero-order valence-corrected chi connectivity index (χ0v) is 12.1. The molecule has 0 heterocycles. The van der Waals surface area contributed by atoms with E-state index in [9.17, 15) is 14.7 Å². The molecular weight excluding hydrogens is 254 g/mol. The Morgan fingerprint density at radius 2 is 2.10 bits per heavy atom. The molecule has 0 radical (unpaired) electrons. The van der Waals surface area contributed by atoms with Crippen LogP contribution in [0.15, 0.2) is 35.9 Å². The number of hydrogen-bond donors (Lipinski definition) is 2. The van der Waals surface area contributed by atoms with E-state index in [1.165, 1.54) is 0 Å². The number of allylic oxidation sites excluding steroid dienone is 1. The molecule has 0 aliphatic carbocycles. The molecule has 20 heavy (non-hydrogen) atoms. The standard InChI is InChI=1S/C16H21NO3/c1-4-12(3)15(18)17-10-14(16(19)20)9-13-7-5-6-11(2)8-13/h4-8,14H,9-10H2,1-3H3,(H,17,18)(H,19,20). The summed E-state index contributed by atoms with van der Waals surface area (Å²) in [5.74, 6) is -1.74. The van der Waals surface area contributed by atoms with Crippen molar-refractivity contribution >= 4 is 11.9 Å². The number of hydrogen-bond acceptors (Lipinski definition) is 2. The Hall–Kier alpha value is -2.10. The number of amides is 1. The fourth-order valence-corrected chi connectivity index (χ4v) is 1.86. The molecule has 1 rings (SSSR count). The first-order valence-electron chi connectivity index (χ1n) is 6.63. The fraction of sp³-hybridized carbons (Fsp3) is 0.375. The second-order valence-electron chi connectivity index (χ2n) is 4.91. The van der Waals surface area contributed by atoms with Crippen molar-refractivity contribution in [3.05, 3.63) is 47.0 Å². The number of carboxylic acids is 1. The molecule has 0 aliphatic heterocycles. The predicted octanol–water partition coefficient (Wildman–Crippen LogP) is 2.32. The van der Waals surface area contributed by atoms with Crippen molar-refractivity contribution in [2.75, 3.05) is 6.54 Å². The average Bonchev–Trinajstić information content (AvgIpc) is 2.41. The highest BCUT2D eigenvalue weighted by molar-refractivity contribution is 5.92. The molecule has 0 saturated heterocycles. The van der Waals surface area contributed by atoms with Crippen LogP contribution in [0, 0.1) is 12.8 Å². The SMILES string of the molecule is CC=C(C)C(=O)NCC(Cc1cccc(C)c1)C(=O)O. The van der Waals surface area contributed by atoms with Crippen molar-refractivity contribution in [2.24, 2.45) is 5.92 Å². The van der Waals surface area contributed by atoms with Gasteiger partial charge in [0.2, 0.25) is 5.91 Å². The number of nitrogens with one attached hydrogen (secondary N) is 1. The van der Waals surface area contributed by atoms with Gasteiger partial charge in [-0.05, 0) is 32.8 Å². The lowest BCUT2D eigenvalue weighted by molar-refractivity contribution is -0.141. The maximum Gasteiger partial charge on any atom is 0.308 e. The van der Waals surface area contributed by atoms with Gasteiger partial charge in [-0.1, -0.05) is 35.9 Å². The molecular formula is C16H21NO3. The lowest BCUT2D eigenvalue weighted by atomic mass is 9.98. The zero-order chi connectivity index (χ0) is 15.1. The van der Waals surface area contributed by atoms with E-state index in [1.54, 1.807) is 19.9 Å². The fourth-order valence-electron chi connectivity index (χ4n) is 1.86. The third kappa shape index (κ3) is 4.88. The second-order valence-corrected chi connectivity index (χ2v) is 4.91. The van der Waals surface area contributed by atoms with Crippen LogP contribution in [0.3, 0.4) is 0 Å². The smallest absolute Gasteiger partial charge is 0.308 e. The third-order valence-electron chi connectivity index (χ3n) is 3.21. The first-order chi connectivity index (χ1) is 9.43. The topological polar surface area (TPSA) is 66.4 Å². The summed E-state index contributed by atoms with van der Waals surface area (Å²) in [4.78, 5) is 22.9. The predicted molar refractivity (Wildman–Crippen MR) is 78.4 cm³/mol. The van der Waals surface area contributed by atoms with Gasteiger partial charge in [-0.2, -0.15) is 0 Å². The van der Waals surface area contributed by atoms with Crippen molar-refractivity contribution in [1.82, 2.24) is 5.32 Å². The van der Waals surface area contributed by atoms with Crippen molar-refractivity contribution in [3.63, 3.8) is 0 Å². The summed E-state index contributed by atoms with van der Waals surface area (Å²) in [6.07, 6.45) is 2.11. The second kappa shape index (κ2) is 7.48. The van der Waals surface area contributed by atoms with Crippen LogP contribution in [0.2, 0.25) is 0 Å². The zero-order valence-electron chi connectivity index (χ0n) is 12.1. The number of carbonyl (C=O) groups is 2. The van der Waals surface area contributed by atoms with E-state index >= 15 is 0 Å². The van der Waals surface area contributed by atoms with Gasteiger partial charge < -0.3 is 10.4 Å². The van der Waals surface area contributed by atoms with Gasteiger partial charge in [0.05, 0.1) is 5.92 Å². The minimum Gasteiger partial charge on any atom is -0.481 e. The van der Waals surface area contributed by atoms with Crippen LogP contribution in [-0.2, 0) is 16.0 Å². The Balaban J connectivity index is 2.66. The number of aryl methyl sites for hydroxylation is 1. The van der Waals surface area contributed by atoms with Crippen LogP contribution < -0.4 is 5.32 Å². The Morgan fingerprint density at radius 1 is 1.40 bits per heavy atom. The van der Waals surface area contributed by atoms with Gasteiger partial charge in [0.15, 0.2) is 0 Å². The highest BCUT2D eigenvalue weighted by atomic mass is 16.4.